The Morgan fingerprint density at radius 3 is 1.67 bits per heavy atom. The maximum atomic E-state index is 12.6. The highest BCUT2D eigenvalue weighted by Crippen LogP contribution is 2.28. The molecule has 0 atom stereocenters. The third-order valence-corrected chi connectivity index (χ3v) is 5.26. The predicted molar refractivity (Wildman–Crippen MR) is 134 cm³/mol. The summed E-state index contributed by atoms with van der Waals surface area (Å²) in [6.45, 7) is 8.11. The first-order chi connectivity index (χ1) is 15.7. The quantitative estimate of drug-likeness (QED) is 0.374. The van der Waals surface area contributed by atoms with Gasteiger partial charge in [-0.25, -0.2) is 0 Å². The topological polar surface area (TPSA) is 67.4 Å². The summed E-state index contributed by atoms with van der Waals surface area (Å²) in [5.74, 6) is 1.65. The normalized spacial score (nSPS) is 11.2. The van der Waals surface area contributed by atoms with Gasteiger partial charge in [-0.3, -0.25) is 9.59 Å². The summed E-state index contributed by atoms with van der Waals surface area (Å²) in [7, 11) is 0. The SMILES string of the molecule is CC(C)c1ccc(NC(=O)CC(C)(C)CC(=O)Nc2ccc(Oc3ccccc3)cc2)cc1. The molecule has 3 aromatic rings. The Labute approximate surface area is 196 Å². The molecule has 2 amide bonds. The molecule has 0 radical (unpaired) electrons. The monoisotopic (exact) mass is 444 g/mol. The van der Waals surface area contributed by atoms with E-state index in [1.165, 1.54) is 5.56 Å². The molecule has 0 bridgehead atoms. The lowest BCUT2D eigenvalue weighted by molar-refractivity contribution is -0.120. The van der Waals surface area contributed by atoms with Crippen molar-refractivity contribution >= 4 is 23.2 Å². The molecule has 33 heavy (non-hydrogen) atoms. The second kappa shape index (κ2) is 10.8. The zero-order valence-corrected chi connectivity index (χ0v) is 19.7. The van der Waals surface area contributed by atoms with Crippen LogP contribution in [-0.2, 0) is 9.59 Å². The van der Waals surface area contributed by atoms with Crippen LogP contribution in [-0.4, -0.2) is 11.8 Å². The van der Waals surface area contributed by atoms with Crippen molar-refractivity contribution in [1.29, 1.82) is 0 Å². The zero-order chi connectivity index (χ0) is 23.8. The van der Waals surface area contributed by atoms with Crippen molar-refractivity contribution in [2.45, 2.75) is 46.5 Å². The molecular formula is C28H32N2O3. The van der Waals surface area contributed by atoms with Crippen LogP contribution in [0.2, 0.25) is 0 Å². The van der Waals surface area contributed by atoms with Gasteiger partial charge >= 0.3 is 0 Å². The average Bonchev–Trinajstić information content (AvgIpc) is 2.75. The Morgan fingerprint density at radius 1 is 0.727 bits per heavy atom. The number of hydrogen-bond donors (Lipinski definition) is 2. The smallest absolute Gasteiger partial charge is 0.224 e. The molecule has 0 aliphatic rings. The summed E-state index contributed by atoms with van der Waals surface area (Å²) in [5.41, 5.74) is 2.20. The fourth-order valence-electron chi connectivity index (χ4n) is 3.52. The van der Waals surface area contributed by atoms with E-state index >= 15 is 0 Å². The molecule has 0 saturated carbocycles. The van der Waals surface area contributed by atoms with Crippen LogP contribution in [0.1, 0.15) is 52.0 Å². The molecule has 0 fully saturated rings. The van der Waals surface area contributed by atoms with Gasteiger partial charge < -0.3 is 15.4 Å². The van der Waals surface area contributed by atoms with E-state index in [-0.39, 0.29) is 24.7 Å². The van der Waals surface area contributed by atoms with E-state index in [4.69, 9.17) is 4.74 Å². The van der Waals surface area contributed by atoms with Crippen LogP contribution in [0.3, 0.4) is 0 Å². The van der Waals surface area contributed by atoms with Gasteiger partial charge in [0.2, 0.25) is 11.8 Å². The lowest BCUT2D eigenvalue weighted by Crippen LogP contribution is -2.27. The Kier molecular flexibility index (Phi) is 7.88. The minimum absolute atomic E-state index is 0.104. The Balaban J connectivity index is 1.48. The van der Waals surface area contributed by atoms with Crippen molar-refractivity contribution in [3.05, 3.63) is 84.4 Å². The molecular weight excluding hydrogens is 412 g/mol. The van der Waals surface area contributed by atoms with Gasteiger partial charge in [-0.1, -0.05) is 58.0 Å². The largest absolute Gasteiger partial charge is 0.457 e. The number of para-hydroxylation sites is 1. The van der Waals surface area contributed by atoms with E-state index in [1.807, 2.05) is 80.6 Å². The molecule has 0 aromatic heterocycles. The maximum Gasteiger partial charge on any atom is 0.224 e. The first-order valence-corrected chi connectivity index (χ1v) is 11.2. The highest BCUT2D eigenvalue weighted by molar-refractivity contribution is 5.93. The van der Waals surface area contributed by atoms with E-state index in [0.717, 1.165) is 11.4 Å². The maximum absolute atomic E-state index is 12.6. The number of ether oxygens (including phenoxy) is 1. The summed E-state index contributed by atoms with van der Waals surface area (Å²) in [4.78, 5) is 25.1. The molecule has 3 aromatic carbocycles. The third-order valence-electron chi connectivity index (χ3n) is 5.26. The van der Waals surface area contributed by atoms with Gasteiger partial charge in [0, 0.05) is 24.2 Å². The fourth-order valence-corrected chi connectivity index (χ4v) is 3.52. The molecule has 172 valence electrons. The Hall–Kier alpha value is -3.60. The second-order valence-electron chi connectivity index (χ2n) is 9.33. The van der Waals surface area contributed by atoms with E-state index in [9.17, 15) is 9.59 Å². The van der Waals surface area contributed by atoms with Crippen LogP contribution in [0, 0.1) is 5.41 Å². The van der Waals surface area contributed by atoms with Crippen LogP contribution >= 0.6 is 0 Å². The summed E-state index contributed by atoms with van der Waals surface area (Å²) < 4.78 is 5.77. The lowest BCUT2D eigenvalue weighted by Gasteiger charge is -2.23. The van der Waals surface area contributed by atoms with Crippen molar-refractivity contribution in [3.8, 4) is 11.5 Å². The van der Waals surface area contributed by atoms with E-state index in [1.54, 1.807) is 12.1 Å². The van der Waals surface area contributed by atoms with Crippen molar-refractivity contribution in [2.75, 3.05) is 10.6 Å². The first kappa shape index (κ1) is 24.1. The van der Waals surface area contributed by atoms with Gasteiger partial charge in [0.15, 0.2) is 0 Å². The predicted octanol–water partition coefficient (Wildman–Crippen LogP) is 6.99. The number of amides is 2. The van der Waals surface area contributed by atoms with Crippen molar-refractivity contribution in [2.24, 2.45) is 5.41 Å². The van der Waals surface area contributed by atoms with E-state index in [0.29, 0.717) is 17.4 Å². The molecule has 0 aliphatic heterocycles. The van der Waals surface area contributed by atoms with Crippen LogP contribution in [0.15, 0.2) is 78.9 Å². The molecule has 5 nitrogen and oxygen atoms in total. The zero-order valence-electron chi connectivity index (χ0n) is 19.7. The fraction of sp³-hybridized carbons (Fsp3) is 0.286. The summed E-state index contributed by atoms with van der Waals surface area (Å²) in [5, 5.41) is 5.83. The number of nitrogens with one attached hydrogen (secondary N) is 2. The van der Waals surface area contributed by atoms with Crippen LogP contribution in [0.4, 0.5) is 11.4 Å². The number of benzene rings is 3. The van der Waals surface area contributed by atoms with E-state index < -0.39 is 5.41 Å². The highest BCUT2D eigenvalue weighted by Gasteiger charge is 2.25. The van der Waals surface area contributed by atoms with Gasteiger partial charge in [0.25, 0.3) is 0 Å². The minimum atomic E-state index is -0.484. The van der Waals surface area contributed by atoms with Crippen molar-refractivity contribution in [1.82, 2.24) is 0 Å². The molecule has 2 N–H and O–H groups in total. The molecule has 0 saturated heterocycles. The van der Waals surface area contributed by atoms with Gasteiger partial charge in [-0.2, -0.15) is 0 Å². The van der Waals surface area contributed by atoms with Crippen molar-refractivity contribution in [3.63, 3.8) is 0 Å². The average molecular weight is 445 g/mol. The second-order valence-corrected chi connectivity index (χ2v) is 9.33. The third kappa shape index (κ3) is 7.79. The van der Waals surface area contributed by atoms with Crippen molar-refractivity contribution < 1.29 is 14.3 Å². The highest BCUT2D eigenvalue weighted by atomic mass is 16.5. The van der Waals surface area contributed by atoms with E-state index in [2.05, 4.69) is 24.5 Å². The lowest BCUT2D eigenvalue weighted by atomic mass is 9.85. The molecule has 0 heterocycles. The molecule has 0 aliphatic carbocycles. The number of anilines is 2. The van der Waals surface area contributed by atoms with Gasteiger partial charge in [0.05, 0.1) is 0 Å². The standard InChI is InChI=1S/C28H32N2O3/c1-20(2)21-10-12-22(13-11-21)29-26(31)18-28(3,4)19-27(32)30-23-14-16-25(17-15-23)33-24-8-6-5-7-9-24/h5-17,20H,18-19H2,1-4H3,(H,29,31)(H,30,32). The summed E-state index contributed by atoms with van der Waals surface area (Å²) in [6, 6.07) is 24.6. The molecule has 3 rings (SSSR count). The summed E-state index contributed by atoms with van der Waals surface area (Å²) >= 11 is 0. The van der Waals surface area contributed by atoms with Crippen LogP contribution in [0.25, 0.3) is 0 Å². The molecule has 0 spiro atoms. The molecule has 5 heteroatoms. The van der Waals surface area contributed by atoms with Gasteiger partial charge in [-0.15, -0.1) is 0 Å². The molecule has 0 unspecified atom stereocenters. The van der Waals surface area contributed by atoms with Gasteiger partial charge in [-0.05, 0) is 65.4 Å². The number of rotatable bonds is 9. The van der Waals surface area contributed by atoms with Crippen LogP contribution < -0.4 is 15.4 Å². The number of carbonyl (C=O) groups excluding carboxylic acids is 2. The van der Waals surface area contributed by atoms with Crippen LogP contribution in [0.5, 0.6) is 11.5 Å². The minimum Gasteiger partial charge on any atom is -0.457 e. The number of carbonyl (C=O) groups is 2. The summed E-state index contributed by atoms with van der Waals surface area (Å²) in [6.07, 6.45) is 0.477. The first-order valence-electron chi connectivity index (χ1n) is 11.2. The Morgan fingerprint density at radius 2 is 1.18 bits per heavy atom. The Bertz CT molecular complexity index is 1060. The van der Waals surface area contributed by atoms with Gasteiger partial charge in [0.1, 0.15) is 11.5 Å². The number of hydrogen-bond acceptors (Lipinski definition) is 3.